The summed E-state index contributed by atoms with van der Waals surface area (Å²) in [4.78, 5) is 83.4. The number of nitrogens with one attached hydrogen (secondary N) is 1. The van der Waals surface area contributed by atoms with E-state index in [9.17, 15) is 38.4 Å². The van der Waals surface area contributed by atoms with E-state index >= 15 is 0 Å². The number of nitrogens with two attached hydrogens (primary N) is 8. The predicted octanol–water partition coefficient (Wildman–Crippen LogP) is -0.350. The van der Waals surface area contributed by atoms with E-state index in [0.717, 1.165) is 27.6 Å². The summed E-state index contributed by atoms with van der Waals surface area (Å²) >= 11 is 3.65. The number of aliphatic carboxylic acids is 8. The van der Waals surface area contributed by atoms with Gasteiger partial charge in [0.2, 0.25) is 0 Å². The average molecular weight is 1080 g/mol. The van der Waals surface area contributed by atoms with Crippen LogP contribution >= 0.6 is 12.6 Å². The Morgan fingerprint density at radius 2 is 0.773 bits per heavy atom. The zero-order valence-electron chi connectivity index (χ0n) is 42.3. The van der Waals surface area contributed by atoms with Crippen molar-refractivity contribution >= 4 is 71.3 Å². The summed E-state index contributed by atoms with van der Waals surface area (Å²) in [6.45, 7) is 8.16. The van der Waals surface area contributed by atoms with Gasteiger partial charge >= 0.3 is 47.8 Å². The lowest BCUT2D eigenvalue weighted by Crippen LogP contribution is -2.39. The Morgan fingerprint density at radius 1 is 0.467 bits per heavy atom. The fourth-order valence-electron chi connectivity index (χ4n) is 4.39. The minimum absolute atomic E-state index is 0.0208. The van der Waals surface area contributed by atoms with Gasteiger partial charge in [0.1, 0.15) is 42.3 Å². The molecule has 1 aromatic heterocycles. The second-order valence-electron chi connectivity index (χ2n) is 16.3. The number of para-hydroxylation sites is 1. The van der Waals surface area contributed by atoms with Gasteiger partial charge in [0.15, 0.2) is 0 Å². The summed E-state index contributed by atoms with van der Waals surface area (Å²) in [5.41, 5.74) is 44.8. The summed E-state index contributed by atoms with van der Waals surface area (Å²) in [5, 5.41) is 75.4. The van der Waals surface area contributed by atoms with E-state index in [2.05, 4.69) is 23.3 Å². The molecule has 0 aliphatic carbocycles. The number of benzene rings is 3. The van der Waals surface area contributed by atoms with Gasteiger partial charge in [-0.25, -0.2) is 0 Å². The molecule has 0 bridgehead atoms. The first kappa shape index (κ1) is 74.5. The zero-order valence-corrected chi connectivity index (χ0v) is 43.2. The number of aliphatic hydroxyl groups excluding tert-OH is 1. The molecule has 0 aliphatic rings. The second-order valence-corrected chi connectivity index (χ2v) is 16.7. The van der Waals surface area contributed by atoms with Gasteiger partial charge < -0.3 is 96.8 Å². The molecule has 1 heterocycles. The number of fused-ring (bicyclic) bond motifs is 1. The number of aliphatic hydroxyl groups is 1. The van der Waals surface area contributed by atoms with Crippen molar-refractivity contribution in [1.82, 2.24) is 4.98 Å². The third-order valence-corrected chi connectivity index (χ3v) is 9.56. The van der Waals surface area contributed by atoms with Gasteiger partial charge in [0, 0.05) is 29.3 Å². The normalized spacial score (nSPS) is 13.1. The van der Waals surface area contributed by atoms with Gasteiger partial charge in [0.05, 0.1) is 12.6 Å². The first-order chi connectivity index (χ1) is 34.7. The molecule has 26 N–H and O–H groups in total. The number of hydrogen-bond acceptors (Lipinski definition) is 18. The Labute approximate surface area is 439 Å². The van der Waals surface area contributed by atoms with Gasteiger partial charge in [-0.1, -0.05) is 107 Å². The number of aromatic amines is 1. The molecule has 75 heavy (non-hydrogen) atoms. The molecule has 8 unspecified atom stereocenters. The van der Waals surface area contributed by atoms with E-state index in [1.807, 2.05) is 91.1 Å². The first-order valence-electron chi connectivity index (χ1n) is 22.4. The predicted molar refractivity (Wildman–Crippen MR) is 283 cm³/mol. The molecule has 26 nitrogen and oxygen atoms in total. The summed E-state index contributed by atoms with van der Waals surface area (Å²) in [6, 6.07) is 20.6. The van der Waals surface area contributed by atoms with Crippen molar-refractivity contribution in [2.45, 2.75) is 102 Å². The van der Waals surface area contributed by atoms with E-state index in [0.29, 0.717) is 19.3 Å². The van der Waals surface area contributed by atoms with E-state index < -0.39 is 96.2 Å². The molecule has 4 rings (SSSR count). The van der Waals surface area contributed by atoms with Crippen LogP contribution in [0.4, 0.5) is 0 Å². The molecule has 0 saturated heterocycles. The second kappa shape index (κ2) is 42.3. The Bertz CT molecular complexity index is 2140. The molecule has 0 saturated carbocycles. The Balaban J connectivity index is -0.000000393. The Hall–Kier alpha value is -7.05. The highest BCUT2D eigenvalue weighted by molar-refractivity contribution is 7.80. The first-order valence-corrected chi connectivity index (χ1v) is 23.1. The number of carboxylic acid groups (broad SMARTS) is 8. The van der Waals surface area contributed by atoms with Crippen molar-refractivity contribution in [2.24, 2.45) is 57.7 Å². The molecule has 27 heteroatoms. The number of carboxylic acids is 8. The third kappa shape index (κ3) is 39.1. The minimum atomic E-state index is -1.18. The van der Waals surface area contributed by atoms with Crippen LogP contribution in [0.15, 0.2) is 91.1 Å². The van der Waals surface area contributed by atoms with E-state index in [4.69, 9.17) is 86.1 Å². The average Bonchev–Trinajstić information content (AvgIpc) is 3.76. The van der Waals surface area contributed by atoms with Crippen molar-refractivity contribution in [3.63, 3.8) is 0 Å². The molecule has 0 aliphatic heterocycles. The lowest BCUT2D eigenvalue weighted by molar-refractivity contribution is -0.141. The Morgan fingerprint density at radius 3 is 1.00 bits per heavy atom. The number of hydrogen-bond donors (Lipinski definition) is 19. The molecule has 4 aromatic rings. The van der Waals surface area contributed by atoms with Crippen molar-refractivity contribution in [3.8, 4) is 0 Å². The number of thiol groups is 1. The monoisotopic (exact) mass is 1080 g/mol. The smallest absolute Gasteiger partial charge is 0.323 e. The van der Waals surface area contributed by atoms with Crippen LogP contribution in [-0.2, 0) is 57.6 Å². The maximum atomic E-state index is 10.6. The number of H-pyrrole nitrogens is 1. The van der Waals surface area contributed by atoms with Crippen molar-refractivity contribution in [1.29, 1.82) is 0 Å². The molecular formula is C48H77N9O17S. The number of rotatable bonds is 18. The lowest BCUT2D eigenvalue weighted by Gasteiger charge is -2.07. The fourth-order valence-corrected chi connectivity index (χ4v) is 4.55. The van der Waals surface area contributed by atoms with E-state index in [-0.39, 0.29) is 24.1 Å². The highest BCUT2D eigenvalue weighted by Crippen LogP contribution is 2.18. The van der Waals surface area contributed by atoms with Crippen LogP contribution in [0.25, 0.3) is 10.9 Å². The molecule has 0 fully saturated rings. The van der Waals surface area contributed by atoms with E-state index in [1.165, 1.54) is 6.92 Å². The standard InChI is InChI=1S/C11H12N2O2.2C9H11NO2.2C5H11NO2.C4H9NO3.C3H7NO2S.C2H5NO2/c12-9(11(14)15)5-7-6-13-10-4-2-1-3-8(7)10;2*10-8(9(11)12)6-7-4-2-1-3-5-7;2*1-3(2)4(6)5(7)8;1-2(6)3(5)4(7)8;4-2(1-7)3(5)6;3-1-2(4)5/h1-4,6,9,13H,5,12H2,(H,14,15);2*1-5,8H,6,10H2,(H,11,12);2*3-4H,6H2,1-2H3,(H,7,8);2-3,6H,5H2,1H3,(H,7,8);2,7H,1,4H2,(H,5,6);1,3H2,(H,4,5). The maximum Gasteiger partial charge on any atom is 0.323 e. The summed E-state index contributed by atoms with van der Waals surface area (Å²) < 4.78 is 0. The van der Waals surface area contributed by atoms with Crippen LogP contribution in [0.5, 0.6) is 0 Å². The van der Waals surface area contributed by atoms with E-state index in [1.54, 1.807) is 27.7 Å². The molecule has 0 amide bonds. The summed E-state index contributed by atoms with van der Waals surface area (Å²) in [7, 11) is 0. The zero-order chi connectivity index (χ0) is 59.1. The van der Waals surface area contributed by atoms with Gasteiger partial charge in [-0.2, -0.15) is 12.6 Å². The molecule has 8 atom stereocenters. The lowest BCUT2D eigenvalue weighted by atomic mass is 10.1. The minimum Gasteiger partial charge on any atom is -0.480 e. The van der Waals surface area contributed by atoms with Crippen molar-refractivity contribution in [3.05, 3.63) is 108 Å². The van der Waals surface area contributed by atoms with Crippen LogP contribution in [0, 0.1) is 11.8 Å². The molecule has 3 aromatic carbocycles. The van der Waals surface area contributed by atoms with Gasteiger partial charge in [-0.3, -0.25) is 38.4 Å². The number of aromatic nitrogens is 1. The summed E-state index contributed by atoms with van der Waals surface area (Å²) in [5.74, 6) is -7.67. The molecule has 0 radical (unpaired) electrons. The van der Waals surface area contributed by atoms with Crippen molar-refractivity contribution in [2.75, 3.05) is 12.3 Å². The quantitative estimate of drug-likeness (QED) is 0.0566. The molecular weight excluding hydrogens is 1010 g/mol. The SMILES string of the molecule is CC(C)C(N)C(=O)O.CC(C)C(N)C(=O)O.CC(O)C(N)C(=O)O.NC(CS)C(=O)O.NC(Cc1c[nH]c2ccccc12)C(=O)O.NC(Cc1ccccc1)C(=O)O.NC(Cc1ccccc1)C(=O)O.NCC(=O)O. The van der Waals surface area contributed by atoms with Crippen LogP contribution in [0.3, 0.4) is 0 Å². The molecule has 422 valence electrons. The van der Waals surface area contributed by atoms with Gasteiger partial charge in [-0.05, 0) is 54.4 Å². The number of carbonyl (C=O) groups is 8. The highest BCUT2D eigenvalue weighted by Gasteiger charge is 2.18. The van der Waals surface area contributed by atoms with Crippen molar-refractivity contribution < 1.29 is 84.3 Å². The Kier molecular flexibility index (Phi) is 42.0. The van der Waals surface area contributed by atoms with Crippen LogP contribution in [-0.4, -0.2) is 159 Å². The largest absolute Gasteiger partial charge is 0.480 e. The molecule has 0 spiro atoms. The van der Waals surface area contributed by atoms with Crippen LogP contribution < -0.4 is 45.9 Å². The summed E-state index contributed by atoms with van der Waals surface area (Å²) in [6.07, 6.45) is 1.95. The van der Waals surface area contributed by atoms with Gasteiger partial charge in [-0.15, -0.1) is 0 Å². The fraction of sp³-hybridized carbons (Fsp3) is 0.417. The van der Waals surface area contributed by atoms with Crippen LogP contribution in [0.2, 0.25) is 0 Å². The maximum absolute atomic E-state index is 10.6. The van der Waals surface area contributed by atoms with Crippen LogP contribution in [0.1, 0.15) is 51.3 Å². The van der Waals surface area contributed by atoms with Gasteiger partial charge in [0.25, 0.3) is 0 Å². The highest BCUT2D eigenvalue weighted by atomic mass is 32.1. The third-order valence-electron chi connectivity index (χ3n) is 9.16. The topological polar surface area (TPSA) is 543 Å².